The first-order chi connectivity index (χ1) is 19.5. The van der Waals surface area contributed by atoms with Crippen LogP contribution in [0.15, 0.2) is 42.9 Å². The Morgan fingerprint density at radius 2 is 2.12 bits per heavy atom. The first kappa shape index (κ1) is 32.4. The molecule has 0 aliphatic carbocycles. The third-order valence-corrected chi connectivity index (χ3v) is 10.9. The van der Waals surface area contributed by atoms with Gasteiger partial charge in [0.25, 0.3) is 11.8 Å². The molecule has 214 valence electrons. The Morgan fingerprint density at radius 1 is 1.38 bits per heavy atom. The molecule has 0 bridgehead atoms. The molecule has 1 saturated heterocycles. The normalized spacial score (nSPS) is 18.3. The van der Waals surface area contributed by atoms with Crippen molar-refractivity contribution in [2.75, 3.05) is 24.3 Å². The number of rotatable bonds is 8. The second kappa shape index (κ2) is 13.0. The van der Waals surface area contributed by atoms with Crippen LogP contribution < -0.4 is 51.1 Å². The van der Waals surface area contributed by atoms with Crippen LogP contribution in [0.2, 0.25) is 5.02 Å². The van der Waals surface area contributed by atoms with Gasteiger partial charge in [-0.2, -0.15) is 0 Å². The number of hydrogen-bond donors (Lipinski definition) is 4. The summed E-state index contributed by atoms with van der Waals surface area (Å²) in [5.41, 5.74) is 5.38. The van der Waals surface area contributed by atoms with Crippen LogP contribution in [0.5, 0.6) is 11.5 Å². The van der Waals surface area contributed by atoms with Gasteiger partial charge < -0.3 is 31.2 Å². The number of β-lactam (4-membered cyclic amide) rings is 1. The molecule has 2 aliphatic rings. The molecule has 0 spiro atoms. The molecule has 19 heteroatoms. The fourth-order valence-corrected chi connectivity index (χ4v) is 8.69. The van der Waals surface area contributed by atoms with E-state index in [1.54, 1.807) is 0 Å². The van der Waals surface area contributed by atoms with Gasteiger partial charge in [-0.3, -0.25) is 19.3 Å². The summed E-state index contributed by atoms with van der Waals surface area (Å²) in [7, 11) is 1.25. The molecule has 1 aromatic carbocycles. The molecular weight excluding hydrogens is 661 g/mol. The first-order valence-electron chi connectivity index (χ1n) is 11.3. The number of carbonyl (C=O) groups is 3. The van der Waals surface area contributed by atoms with Crippen molar-refractivity contribution in [3.8, 4) is 11.5 Å². The summed E-state index contributed by atoms with van der Waals surface area (Å²) in [5, 5.41) is 38.8. The molecule has 2 aliphatic heterocycles. The second-order valence-electron chi connectivity index (χ2n) is 8.44. The van der Waals surface area contributed by atoms with E-state index in [9.17, 15) is 34.5 Å². The Morgan fingerprint density at radius 3 is 2.76 bits per heavy atom. The molecule has 42 heavy (non-hydrogen) atoms. The predicted molar refractivity (Wildman–Crippen MR) is 155 cm³/mol. The fraction of sp³-hybridized carbons (Fsp3) is 0.217. The number of phenols is 1. The molecule has 13 nitrogen and oxygen atoms in total. The van der Waals surface area contributed by atoms with Gasteiger partial charge in [-0.1, -0.05) is 28.6 Å². The van der Waals surface area contributed by atoms with Crippen molar-refractivity contribution in [1.82, 2.24) is 15.2 Å². The zero-order valence-electron chi connectivity index (χ0n) is 21.6. The van der Waals surface area contributed by atoms with Gasteiger partial charge in [0.15, 0.2) is 16.3 Å². The van der Waals surface area contributed by atoms with Crippen molar-refractivity contribution in [1.29, 1.82) is 0 Å². The standard InChI is InChI=1S/C23H18ClN5O8S4.Na/c1-37-28-14(9-6-40-23(25)26-9)19(33)27-15-20(34)29-16(22(35)36)7(5-39-21(15)29)4-38-12-3-10(30)8-2-11(31)17(32)13(24)18(8)41-12;/h2-3,6,15,21,31-32H,4-5H2,1H3,(H2,25,26)(H,27,33)(H,35,36);/q;+1/p-1/b28-14+;/t15-,21-;/m1./s1. The van der Waals surface area contributed by atoms with Crippen LogP contribution in [0.25, 0.3) is 10.1 Å². The molecule has 3 aromatic rings. The Labute approximate surface area is 280 Å². The van der Waals surface area contributed by atoms with Crippen molar-refractivity contribution in [3.05, 3.63) is 49.7 Å². The number of nitrogen functional groups attached to an aromatic ring is 1. The molecule has 0 unspecified atom stereocenters. The first-order valence-corrected chi connectivity index (χ1v) is 15.4. The maximum atomic E-state index is 13.1. The number of thiazole rings is 1. The van der Waals surface area contributed by atoms with Crippen LogP contribution in [-0.2, 0) is 19.2 Å². The van der Waals surface area contributed by atoms with Crippen molar-refractivity contribution in [2.24, 2.45) is 5.16 Å². The monoisotopic (exact) mass is 677 g/mol. The van der Waals surface area contributed by atoms with E-state index in [0.29, 0.717) is 9.78 Å². The topological polar surface area (TPSA) is 208 Å². The number of hydrogen-bond acceptors (Lipinski definition) is 14. The summed E-state index contributed by atoms with van der Waals surface area (Å²) >= 11 is 10.7. The van der Waals surface area contributed by atoms with Crippen molar-refractivity contribution < 1.29 is 64.1 Å². The van der Waals surface area contributed by atoms with Gasteiger partial charge >= 0.3 is 35.5 Å². The Bertz CT molecular complexity index is 1750. The number of thioether (sulfide) groups is 2. The van der Waals surface area contributed by atoms with E-state index in [2.05, 4.69) is 15.5 Å². The number of aromatic hydroxyl groups is 1. The molecular formula is C23H17ClN5NaO8S4. The van der Waals surface area contributed by atoms with E-state index < -0.39 is 46.1 Å². The summed E-state index contributed by atoms with van der Waals surface area (Å²) in [6.45, 7) is 0. The van der Waals surface area contributed by atoms with Crippen LogP contribution in [0.4, 0.5) is 5.13 Å². The number of carboxylic acid groups (broad SMARTS) is 1. The number of nitrogens with two attached hydrogens (primary N) is 1. The van der Waals surface area contributed by atoms with E-state index >= 15 is 0 Å². The summed E-state index contributed by atoms with van der Waals surface area (Å²) in [5.74, 6) is -3.72. The quantitative estimate of drug-likeness (QED) is 0.0715. The SMILES string of the molecule is CO/N=C(/C(=O)N[C@@H]1C(=O)N2C(C(=O)O)=C(CSc3cc(=O)c4cc([O-])c(O)c(Cl)c4s3)CS[C@H]12)c1csc(N)n1.[Na+]. The molecule has 2 amide bonds. The minimum Gasteiger partial charge on any atom is -0.870 e. The maximum absolute atomic E-state index is 13.1. The zero-order chi connectivity index (χ0) is 29.6. The average molecular weight is 678 g/mol. The van der Waals surface area contributed by atoms with E-state index in [1.165, 1.54) is 30.3 Å². The summed E-state index contributed by atoms with van der Waals surface area (Å²) in [4.78, 5) is 60.7. The van der Waals surface area contributed by atoms with Gasteiger partial charge in [0.1, 0.15) is 35.7 Å². The minimum absolute atomic E-state index is 0. The third-order valence-electron chi connectivity index (χ3n) is 5.97. The number of halogens is 1. The van der Waals surface area contributed by atoms with Crippen molar-refractivity contribution in [2.45, 2.75) is 15.6 Å². The van der Waals surface area contributed by atoms with E-state index in [0.717, 1.165) is 45.4 Å². The molecule has 2 atom stereocenters. The van der Waals surface area contributed by atoms with Crippen molar-refractivity contribution >= 4 is 96.5 Å². The average Bonchev–Trinajstić information content (AvgIpc) is 3.37. The number of carboxylic acids is 1. The van der Waals surface area contributed by atoms with Crippen LogP contribution in [0, 0.1) is 0 Å². The molecule has 0 radical (unpaired) electrons. The summed E-state index contributed by atoms with van der Waals surface area (Å²) in [6, 6.07) is 1.31. The second-order valence-corrected chi connectivity index (χ2v) is 13.1. The number of carbonyl (C=O) groups excluding carboxylic acids is 2. The van der Waals surface area contributed by atoms with Gasteiger partial charge in [0.2, 0.25) is 0 Å². The number of aliphatic carboxylic acids is 1. The fourth-order valence-electron chi connectivity index (χ4n) is 4.12. The number of aromatic nitrogens is 1. The molecule has 5 rings (SSSR count). The Hall–Kier alpha value is -2.51. The zero-order valence-corrected chi connectivity index (χ0v) is 27.6. The molecule has 2 aromatic heterocycles. The number of anilines is 1. The van der Waals surface area contributed by atoms with Crippen molar-refractivity contribution in [3.63, 3.8) is 0 Å². The molecule has 1 fully saturated rings. The van der Waals surface area contributed by atoms with Gasteiger partial charge in [-0.25, -0.2) is 9.78 Å². The van der Waals surface area contributed by atoms with Gasteiger partial charge in [0, 0.05) is 28.3 Å². The molecule has 0 saturated carbocycles. The van der Waals surface area contributed by atoms with Crippen LogP contribution in [0.3, 0.4) is 0 Å². The van der Waals surface area contributed by atoms with Crippen LogP contribution >= 0.6 is 57.8 Å². The number of nitrogens with one attached hydrogen (secondary N) is 1. The number of fused-ring (bicyclic) bond motifs is 2. The Balaban J connectivity index is 0.00000405. The minimum atomic E-state index is -1.31. The molecule has 5 N–H and O–H groups in total. The van der Waals surface area contributed by atoms with Crippen LogP contribution in [-0.4, -0.2) is 73.6 Å². The number of oxime groups is 1. The molecule has 4 heterocycles. The number of benzene rings is 1. The smallest absolute Gasteiger partial charge is 0.870 e. The summed E-state index contributed by atoms with van der Waals surface area (Å²) in [6.07, 6.45) is 0. The number of amides is 2. The number of phenolic OH excluding ortho intramolecular Hbond substituents is 1. The summed E-state index contributed by atoms with van der Waals surface area (Å²) < 4.78 is 0.706. The largest absolute Gasteiger partial charge is 1.00 e. The number of nitrogens with zero attached hydrogens (tertiary/aromatic N) is 3. The van der Waals surface area contributed by atoms with E-state index in [1.807, 2.05) is 0 Å². The van der Waals surface area contributed by atoms with E-state index in [4.69, 9.17) is 22.2 Å². The van der Waals surface area contributed by atoms with Crippen LogP contribution in [0.1, 0.15) is 5.69 Å². The third kappa shape index (κ3) is 5.96. The van der Waals surface area contributed by atoms with Gasteiger partial charge in [-0.05, 0) is 5.57 Å². The predicted octanol–water partition coefficient (Wildman–Crippen LogP) is -1.38. The Kier molecular flexibility index (Phi) is 10.0. The van der Waals surface area contributed by atoms with Gasteiger partial charge in [-0.15, -0.1) is 46.2 Å². The van der Waals surface area contributed by atoms with E-state index in [-0.39, 0.29) is 78.4 Å². The maximum Gasteiger partial charge on any atom is 1.00 e. The van der Waals surface area contributed by atoms with Gasteiger partial charge in [0.05, 0.1) is 13.9 Å².